The molecule has 0 unspecified atom stereocenters. The van der Waals surface area contributed by atoms with Crippen LogP contribution in [0.5, 0.6) is 0 Å². The summed E-state index contributed by atoms with van der Waals surface area (Å²) in [5, 5.41) is 5.53. The molecular weight excluding hydrogens is 197 g/mol. The standard InChI is InChI=1S/C10H14FN3O/c1-2-12-7-6-10(15)14-9-5-3-4-8(11)13-9/h3-5,12H,2,6-7H2,1H3,(H,13,14,15). The molecule has 0 aliphatic carbocycles. The van der Waals surface area contributed by atoms with Crippen molar-refractivity contribution in [2.24, 2.45) is 0 Å². The van der Waals surface area contributed by atoms with Gasteiger partial charge >= 0.3 is 0 Å². The minimum Gasteiger partial charge on any atom is -0.316 e. The Hall–Kier alpha value is -1.49. The molecule has 82 valence electrons. The van der Waals surface area contributed by atoms with Gasteiger partial charge in [-0.15, -0.1) is 0 Å². The predicted octanol–water partition coefficient (Wildman–Crippen LogP) is 1.16. The molecule has 0 aliphatic rings. The van der Waals surface area contributed by atoms with Crippen molar-refractivity contribution in [3.05, 3.63) is 24.1 Å². The number of hydrogen-bond donors (Lipinski definition) is 2. The van der Waals surface area contributed by atoms with E-state index < -0.39 is 5.95 Å². The van der Waals surface area contributed by atoms with Crippen molar-refractivity contribution >= 4 is 11.7 Å². The zero-order chi connectivity index (χ0) is 11.1. The quantitative estimate of drug-likeness (QED) is 0.567. The second-order valence-corrected chi connectivity index (χ2v) is 3.00. The smallest absolute Gasteiger partial charge is 0.226 e. The molecule has 1 amide bonds. The Morgan fingerprint density at radius 3 is 3.00 bits per heavy atom. The van der Waals surface area contributed by atoms with Gasteiger partial charge in [0.1, 0.15) is 5.82 Å². The summed E-state index contributed by atoms with van der Waals surface area (Å²) in [4.78, 5) is 14.8. The SMILES string of the molecule is CCNCCC(=O)Nc1cccc(F)n1. The number of pyridine rings is 1. The first-order chi connectivity index (χ1) is 7.22. The fourth-order valence-corrected chi connectivity index (χ4v) is 1.06. The van der Waals surface area contributed by atoms with Gasteiger partial charge < -0.3 is 10.6 Å². The average molecular weight is 211 g/mol. The molecule has 1 heterocycles. The topological polar surface area (TPSA) is 54.0 Å². The summed E-state index contributed by atoms with van der Waals surface area (Å²) in [6.45, 7) is 3.40. The van der Waals surface area contributed by atoms with E-state index in [0.29, 0.717) is 13.0 Å². The fraction of sp³-hybridized carbons (Fsp3) is 0.400. The summed E-state index contributed by atoms with van der Waals surface area (Å²) in [6.07, 6.45) is 0.353. The minimum atomic E-state index is -0.598. The van der Waals surface area contributed by atoms with Crippen LogP contribution in [-0.4, -0.2) is 24.0 Å². The van der Waals surface area contributed by atoms with Gasteiger partial charge in [-0.05, 0) is 18.7 Å². The zero-order valence-electron chi connectivity index (χ0n) is 8.59. The molecule has 0 spiro atoms. The molecule has 0 atom stereocenters. The van der Waals surface area contributed by atoms with Crippen molar-refractivity contribution in [2.75, 3.05) is 18.4 Å². The molecule has 0 aliphatic heterocycles. The first-order valence-electron chi connectivity index (χ1n) is 4.85. The van der Waals surface area contributed by atoms with Gasteiger partial charge in [0.25, 0.3) is 0 Å². The van der Waals surface area contributed by atoms with E-state index in [1.807, 2.05) is 6.92 Å². The molecule has 0 saturated carbocycles. The van der Waals surface area contributed by atoms with Crippen molar-refractivity contribution in [1.29, 1.82) is 0 Å². The molecule has 0 aromatic carbocycles. The monoisotopic (exact) mass is 211 g/mol. The van der Waals surface area contributed by atoms with Crippen LogP contribution in [0.15, 0.2) is 18.2 Å². The molecule has 2 N–H and O–H groups in total. The van der Waals surface area contributed by atoms with Crippen LogP contribution in [0.1, 0.15) is 13.3 Å². The third-order valence-electron chi connectivity index (χ3n) is 1.76. The van der Waals surface area contributed by atoms with Crippen molar-refractivity contribution in [3.63, 3.8) is 0 Å². The number of hydrogen-bond acceptors (Lipinski definition) is 3. The van der Waals surface area contributed by atoms with E-state index in [1.54, 1.807) is 6.07 Å². The molecule has 1 aromatic rings. The van der Waals surface area contributed by atoms with Gasteiger partial charge in [0, 0.05) is 13.0 Å². The lowest BCUT2D eigenvalue weighted by molar-refractivity contribution is -0.116. The van der Waals surface area contributed by atoms with E-state index in [4.69, 9.17) is 0 Å². The molecule has 5 heteroatoms. The number of aromatic nitrogens is 1. The average Bonchev–Trinajstić information content (AvgIpc) is 2.18. The number of carbonyl (C=O) groups excluding carboxylic acids is 1. The third kappa shape index (κ3) is 4.51. The second-order valence-electron chi connectivity index (χ2n) is 3.00. The van der Waals surface area contributed by atoms with Crippen molar-refractivity contribution < 1.29 is 9.18 Å². The Morgan fingerprint density at radius 2 is 2.33 bits per heavy atom. The molecule has 15 heavy (non-hydrogen) atoms. The molecule has 0 saturated heterocycles. The van der Waals surface area contributed by atoms with Crippen LogP contribution in [0.2, 0.25) is 0 Å². The van der Waals surface area contributed by atoms with E-state index in [2.05, 4.69) is 15.6 Å². The highest BCUT2D eigenvalue weighted by Crippen LogP contribution is 2.03. The normalized spacial score (nSPS) is 10.0. The zero-order valence-corrected chi connectivity index (χ0v) is 8.59. The van der Waals surface area contributed by atoms with E-state index in [9.17, 15) is 9.18 Å². The maximum Gasteiger partial charge on any atom is 0.226 e. The number of nitrogens with zero attached hydrogens (tertiary/aromatic N) is 1. The highest BCUT2D eigenvalue weighted by Gasteiger charge is 2.02. The van der Waals surface area contributed by atoms with Crippen LogP contribution >= 0.6 is 0 Å². The third-order valence-corrected chi connectivity index (χ3v) is 1.76. The number of amides is 1. The van der Waals surface area contributed by atoms with Crippen LogP contribution in [0, 0.1) is 5.95 Å². The van der Waals surface area contributed by atoms with E-state index in [-0.39, 0.29) is 11.7 Å². The summed E-state index contributed by atoms with van der Waals surface area (Å²) in [5.74, 6) is -0.523. The van der Waals surface area contributed by atoms with Crippen molar-refractivity contribution in [3.8, 4) is 0 Å². The predicted molar refractivity (Wildman–Crippen MR) is 56.0 cm³/mol. The van der Waals surface area contributed by atoms with Gasteiger partial charge in [0.2, 0.25) is 11.9 Å². The first kappa shape index (κ1) is 11.6. The maximum absolute atomic E-state index is 12.6. The molecule has 0 bridgehead atoms. The Morgan fingerprint density at radius 1 is 1.53 bits per heavy atom. The number of halogens is 1. The van der Waals surface area contributed by atoms with Gasteiger partial charge in [-0.3, -0.25) is 4.79 Å². The van der Waals surface area contributed by atoms with Crippen LogP contribution in [0.25, 0.3) is 0 Å². The first-order valence-corrected chi connectivity index (χ1v) is 4.85. The van der Waals surface area contributed by atoms with Gasteiger partial charge in [0.05, 0.1) is 0 Å². The molecular formula is C10H14FN3O. The highest BCUT2D eigenvalue weighted by atomic mass is 19.1. The minimum absolute atomic E-state index is 0.172. The summed E-state index contributed by atoms with van der Waals surface area (Å²) >= 11 is 0. The lowest BCUT2D eigenvalue weighted by Crippen LogP contribution is -2.21. The Kier molecular flexibility index (Phi) is 4.70. The summed E-state index contributed by atoms with van der Waals surface area (Å²) < 4.78 is 12.6. The Labute approximate surface area is 87.9 Å². The molecule has 1 rings (SSSR count). The molecule has 0 fully saturated rings. The summed E-state index contributed by atoms with van der Waals surface area (Å²) in [7, 11) is 0. The van der Waals surface area contributed by atoms with Crippen molar-refractivity contribution in [2.45, 2.75) is 13.3 Å². The van der Waals surface area contributed by atoms with Crippen LogP contribution in [-0.2, 0) is 4.79 Å². The Balaban J connectivity index is 2.37. The van der Waals surface area contributed by atoms with Gasteiger partial charge in [-0.1, -0.05) is 13.0 Å². The number of anilines is 1. The van der Waals surface area contributed by atoms with Crippen LogP contribution < -0.4 is 10.6 Å². The largest absolute Gasteiger partial charge is 0.316 e. The maximum atomic E-state index is 12.6. The number of nitrogens with one attached hydrogen (secondary N) is 2. The van der Waals surface area contributed by atoms with Crippen LogP contribution in [0.3, 0.4) is 0 Å². The summed E-state index contributed by atoms with van der Waals surface area (Å²) in [5.41, 5.74) is 0. The van der Waals surface area contributed by atoms with Crippen LogP contribution in [0.4, 0.5) is 10.2 Å². The fourth-order valence-electron chi connectivity index (χ4n) is 1.06. The van der Waals surface area contributed by atoms with E-state index in [0.717, 1.165) is 6.54 Å². The lowest BCUT2D eigenvalue weighted by Gasteiger charge is -2.04. The van der Waals surface area contributed by atoms with Gasteiger partial charge in [-0.2, -0.15) is 4.39 Å². The molecule has 4 nitrogen and oxygen atoms in total. The molecule has 0 radical (unpaired) electrons. The number of rotatable bonds is 5. The lowest BCUT2D eigenvalue weighted by atomic mass is 10.4. The van der Waals surface area contributed by atoms with Gasteiger partial charge in [-0.25, -0.2) is 4.98 Å². The number of carbonyl (C=O) groups is 1. The van der Waals surface area contributed by atoms with E-state index in [1.165, 1.54) is 12.1 Å². The van der Waals surface area contributed by atoms with Crippen molar-refractivity contribution in [1.82, 2.24) is 10.3 Å². The van der Waals surface area contributed by atoms with E-state index >= 15 is 0 Å². The second kappa shape index (κ2) is 6.08. The highest BCUT2D eigenvalue weighted by molar-refractivity contribution is 5.89. The van der Waals surface area contributed by atoms with Gasteiger partial charge in [0.15, 0.2) is 0 Å². The molecule has 1 aromatic heterocycles. The summed E-state index contributed by atoms with van der Waals surface area (Å²) in [6, 6.07) is 4.28. The Bertz CT molecular complexity index is 330.